The van der Waals surface area contributed by atoms with Gasteiger partial charge in [-0.15, -0.1) is 0 Å². The van der Waals surface area contributed by atoms with E-state index in [0.29, 0.717) is 11.1 Å². The molecule has 0 saturated heterocycles. The molecule has 0 unspecified atom stereocenters. The first-order chi connectivity index (χ1) is 8.86. The summed E-state index contributed by atoms with van der Waals surface area (Å²) in [5.41, 5.74) is 1.53. The van der Waals surface area contributed by atoms with Crippen LogP contribution >= 0.6 is 0 Å². The standard InChI is InChI=1S/C14H12N2O2/c17-15-13(11-7-3-1-4-8-11)14(16-18)12-9-5-2-6-10-12/h1-10,17-18H/p-1. The van der Waals surface area contributed by atoms with Crippen LogP contribution in [-0.2, 0) is 0 Å². The maximum atomic E-state index is 11.0. The summed E-state index contributed by atoms with van der Waals surface area (Å²) in [5, 5.41) is 26.3. The maximum Gasteiger partial charge on any atom is 0.135 e. The van der Waals surface area contributed by atoms with Crippen molar-refractivity contribution in [3.05, 3.63) is 77.0 Å². The van der Waals surface area contributed by atoms with Crippen molar-refractivity contribution < 1.29 is 5.21 Å². The van der Waals surface area contributed by atoms with Gasteiger partial charge in [-0.25, -0.2) is 0 Å². The maximum absolute atomic E-state index is 11.0. The van der Waals surface area contributed by atoms with Crippen LogP contribution in [0.1, 0.15) is 11.1 Å². The third kappa shape index (κ3) is 2.38. The van der Waals surface area contributed by atoms with Crippen LogP contribution in [-0.4, -0.2) is 16.6 Å². The predicted molar refractivity (Wildman–Crippen MR) is 71.1 cm³/mol. The molecule has 0 amide bonds. The second-order valence-electron chi connectivity index (χ2n) is 3.62. The minimum Gasteiger partial charge on any atom is -0.791 e. The fourth-order valence-electron chi connectivity index (χ4n) is 1.67. The van der Waals surface area contributed by atoms with E-state index < -0.39 is 0 Å². The van der Waals surface area contributed by atoms with E-state index in [9.17, 15) is 5.21 Å². The zero-order valence-electron chi connectivity index (χ0n) is 9.52. The van der Waals surface area contributed by atoms with Crippen LogP contribution in [0.2, 0.25) is 0 Å². The summed E-state index contributed by atoms with van der Waals surface area (Å²) in [7, 11) is 0. The lowest BCUT2D eigenvalue weighted by Crippen LogP contribution is -2.17. The Bertz CT molecular complexity index is 509. The first-order valence-corrected chi connectivity index (χ1v) is 5.40. The molecule has 18 heavy (non-hydrogen) atoms. The number of nitrogens with zero attached hydrogens (tertiary/aromatic N) is 2. The number of rotatable bonds is 3. The smallest absolute Gasteiger partial charge is 0.135 e. The Morgan fingerprint density at radius 3 is 1.61 bits per heavy atom. The topological polar surface area (TPSA) is 68.0 Å². The minimum atomic E-state index is 0.115. The van der Waals surface area contributed by atoms with Crippen molar-refractivity contribution in [3.63, 3.8) is 0 Å². The van der Waals surface area contributed by atoms with E-state index in [-0.39, 0.29) is 11.4 Å². The highest BCUT2D eigenvalue weighted by atomic mass is 16.4. The molecule has 2 aromatic rings. The van der Waals surface area contributed by atoms with Crippen molar-refractivity contribution >= 4 is 11.4 Å². The molecule has 2 rings (SSSR count). The normalized spacial score (nSPS) is 12.4. The van der Waals surface area contributed by atoms with Crippen molar-refractivity contribution in [1.82, 2.24) is 0 Å². The van der Waals surface area contributed by atoms with E-state index in [1.807, 2.05) is 12.1 Å². The number of hydrogen-bond acceptors (Lipinski definition) is 4. The Kier molecular flexibility index (Phi) is 3.71. The highest BCUT2D eigenvalue weighted by molar-refractivity contribution is 6.53. The first kappa shape index (κ1) is 11.9. The van der Waals surface area contributed by atoms with Gasteiger partial charge in [-0.2, -0.15) is 0 Å². The van der Waals surface area contributed by atoms with Gasteiger partial charge in [-0.05, 0) is 0 Å². The molecule has 0 spiro atoms. The van der Waals surface area contributed by atoms with Gasteiger partial charge in [0, 0.05) is 11.1 Å². The Morgan fingerprint density at radius 1 is 0.778 bits per heavy atom. The predicted octanol–water partition coefficient (Wildman–Crippen LogP) is 2.85. The highest BCUT2D eigenvalue weighted by Gasteiger charge is 2.12. The molecule has 0 radical (unpaired) electrons. The fourth-order valence-corrected chi connectivity index (χ4v) is 1.67. The molecule has 4 nitrogen and oxygen atoms in total. The first-order valence-electron chi connectivity index (χ1n) is 5.40. The molecular formula is C14H11N2O2-. The van der Waals surface area contributed by atoms with Gasteiger partial charge >= 0.3 is 0 Å². The Labute approximate surface area is 105 Å². The van der Waals surface area contributed by atoms with E-state index in [1.54, 1.807) is 48.5 Å². The molecule has 0 heterocycles. The van der Waals surface area contributed by atoms with Crippen molar-refractivity contribution in [3.8, 4) is 0 Å². The summed E-state index contributed by atoms with van der Waals surface area (Å²) in [6.45, 7) is 0. The summed E-state index contributed by atoms with van der Waals surface area (Å²) in [6.07, 6.45) is 0. The lowest BCUT2D eigenvalue weighted by molar-refractivity contribution is 0.320. The van der Waals surface area contributed by atoms with Crippen LogP contribution in [0.5, 0.6) is 0 Å². The van der Waals surface area contributed by atoms with E-state index in [2.05, 4.69) is 10.3 Å². The van der Waals surface area contributed by atoms with E-state index >= 15 is 0 Å². The van der Waals surface area contributed by atoms with E-state index in [0.717, 1.165) is 0 Å². The number of hydrogen-bond donors (Lipinski definition) is 1. The quantitative estimate of drug-likeness (QED) is 0.508. The molecule has 0 aliphatic rings. The minimum absolute atomic E-state index is 0.115. The molecule has 4 heteroatoms. The van der Waals surface area contributed by atoms with Crippen LogP contribution < -0.4 is 0 Å². The van der Waals surface area contributed by atoms with Crippen molar-refractivity contribution in [2.24, 2.45) is 10.3 Å². The van der Waals surface area contributed by atoms with Gasteiger partial charge in [0.25, 0.3) is 0 Å². The fraction of sp³-hybridized carbons (Fsp3) is 0. The molecule has 90 valence electrons. The van der Waals surface area contributed by atoms with Crippen LogP contribution in [0.4, 0.5) is 0 Å². The molecular weight excluding hydrogens is 228 g/mol. The van der Waals surface area contributed by atoms with Crippen molar-refractivity contribution in [2.75, 3.05) is 0 Å². The van der Waals surface area contributed by atoms with Crippen LogP contribution in [0.15, 0.2) is 71.0 Å². The van der Waals surface area contributed by atoms with Gasteiger partial charge in [0.2, 0.25) is 0 Å². The highest BCUT2D eigenvalue weighted by Crippen LogP contribution is 2.09. The van der Waals surface area contributed by atoms with Crippen LogP contribution in [0, 0.1) is 5.21 Å². The average molecular weight is 239 g/mol. The Morgan fingerprint density at radius 2 is 1.22 bits per heavy atom. The third-order valence-electron chi connectivity index (χ3n) is 2.51. The monoisotopic (exact) mass is 239 g/mol. The van der Waals surface area contributed by atoms with Crippen molar-refractivity contribution in [2.45, 2.75) is 0 Å². The summed E-state index contributed by atoms with van der Waals surface area (Å²) in [4.78, 5) is 0. The lowest BCUT2D eigenvalue weighted by atomic mass is 10.0. The molecule has 2 aromatic carbocycles. The van der Waals surface area contributed by atoms with Gasteiger partial charge in [0.05, 0.1) is 5.71 Å². The van der Waals surface area contributed by atoms with Crippen molar-refractivity contribution in [1.29, 1.82) is 0 Å². The van der Waals surface area contributed by atoms with Gasteiger partial charge in [-0.1, -0.05) is 65.8 Å². The number of benzene rings is 2. The molecule has 0 atom stereocenters. The molecule has 0 saturated carbocycles. The molecule has 0 aliphatic carbocycles. The second kappa shape index (κ2) is 5.63. The van der Waals surface area contributed by atoms with Crippen LogP contribution in [0.3, 0.4) is 0 Å². The zero-order valence-corrected chi connectivity index (χ0v) is 9.52. The molecule has 0 aromatic heterocycles. The molecule has 1 N–H and O–H groups in total. The van der Waals surface area contributed by atoms with Crippen LogP contribution in [0.25, 0.3) is 0 Å². The summed E-state index contributed by atoms with van der Waals surface area (Å²) in [5.74, 6) is 0. The van der Waals surface area contributed by atoms with E-state index in [1.165, 1.54) is 0 Å². The number of oxime groups is 1. The largest absolute Gasteiger partial charge is 0.791 e. The molecule has 0 aliphatic heterocycles. The lowest BCUT2D eigenvalue weighted by Gasteiger charge is -2.10. The molecule has 0 bridgehead atoms. The average Bonchev–Trinajstić information content (AvgIpc) is 2.46. The Hall–Kier alpha value is -2.62. The zero-order chi connectivity index (χ0) is 12.8. The SMILES string of the molecule is [O-]N=C(C(=NO)c1ccccc1)c1ccccc1. The van der Waals surface area contributed by atoms with E-state index in [4.69, 9.17) is 5.21 Å². The molecule has 0 fully saturated rings. The summed E-state index contributed by atoms with van der Waals surface area (Å²) < 4.78 is 0. The van der Waals surface area contributed by atoms with Gasteiger partial charge in [0.15, 0.2) is 0 Å². The van der Waals surface area contributed by atoms with Gasteiger partial charge < -0.3 is 15.6 Å². The third-order valence-corrected chi connectivity index (χ3v) is 2.51. The Balaban J connectivity index is 2.45. The van der Waals surface area contributed by atoms with Gasteiger partial charge in [0.1, 0.15) is 5.71 Å². The summed E-state index contributed by atoms with van der Waals surface area (Å²) >= 11 is 0. The second-order valence-corrected chi connectivity index (χ2v) is 3.62. The summed E-state index contributed by atoms with van der Waals surface area (Å²) in [6, 6.07) is 17.9. The van der Waals surface area contributed by atoms with Gasteiger partial charge in [-0.3, -0.25) is 0 Å².